The van der Waals surface area contributed by atoms with Crippen LogP contribution in [0.2, 0.25) is 0 Å². The molecule has 0 atom stereocenters. The molecule has 1 aliphatic heterocycles. The summed E-state index contributed by atoms with van der Waals surface area (Å²) in [6, 6.07) is 10.1. The maximum absolute atomic E-state index is 12.8. The minimum absolute atomic E-state index is 0.111. The number of nitrogens with one attached hydrogen (secondary N) is 2. The lowest BCUT2D eigenvalue weighted by Gasteiger charge is -2.39. The summed E-state index contributed by atoms with van der Waals surface area (Å²) in [4.78, 5) is 17.5. The average Bonchev–Trinajstić information content (AvgIpc) is 2.80. The Kier molecular flexibility index (Phi) is 7.94. The first kappa shape index (κ1) is 22.4. The summed E-state index contributed by atoms with van der Waals surface area (Å²) >= 11 is 0. The van der Waals surface area contributed by atoms with E-state index in [1.165, 1.54) is 16.2 Å². The number of nitrogens with zero attached hydrogens (tertiary/aromatic N) is 2. The largest absolute Gasteiger partial charge is 0.497 e. The highest BCUT2D eigenvalue weighted by molar-refractivity contribution is 5.78. The van der Waals surface area contributed by atoms with Crippen molar-refractivity contribution in [3.63, 3.8) is 0 Å². The SMILES string of the molecule is COc1ccc(OCC[NH+]2CC[NH+](CC(=O)N(C)C3(C#N)CCCCC3)CC2)cc1. The van der Waals surface area contributed by atoms with Crippen LogP contribution in [0, 0.1) is 11.3 Å². The van der Waals surface area contributed by atoms with Gasteiger partial charge in [0.05, 0.1) is 13.2 Å². The lowest BCUT2D eigenvalue weighted by Crippen LogP contribution is -3.28. The van der Waals surface area contributed by atoms with Crippen molar-refractivity contribution < 1.29 is 24.1 Å². The number of amides is 1. The minimum Gasteiger partial charge on any atom is -0.497 e. The van der Waals surface area contributed by atoms with Gasteiger partial charge in [0.2, 0.25) is 0 Å². The molecular weight excluding hydrogens is 380 g/mol. The Balaban J connectivity index is 1.37. The van der Waals surface area contributed by atoms with Crippen LogP contribution in [0.3, 0.4) is 0 Å². The summed E-state index contributed by atoms with van der Waals surface area (Å²) in [6.07, 6.45) is 4.88. The molecule has 0 radical (unpaired) electrons. The van der Waals surface area contributed by atoms with Gasteiger partial charge in [0.15, 0.2) is 6.54 Å². The molecule has 0 unspecified atom stereocenters. The molecular formula is C23H36N4O3+2. The molecule has 164 valence electrons. The van der Waals surface area contributed by atoms with E-state index in [4.69, 9.17) is 9.47 Å². The Labute approximate surface area is 180 Å². The third kappa shape index (κ3) is 5.65. The van der Waals surface area contributed by atoms with E-state index in [2.05, 4.69) is 6.07 Å². The van der Waals surface area contributed by atoms with Gasteiger partial charge in [-0.2, -0.15) is 5.26 Å². The molecule has 2 aliphatic rings. The van der Waals surface area contributed by atoms with Gasteiger partial charge < -0.3 is 24.2 Å². The van der Waals surface area contributed by atoms with Gasteiger partial charge in [0.1, 0.15) is 56.4 Å². The molecule has 0 aromatic heterocycles. The monoisotopic (exact) mass is 416 g/mol. The molecule has 3 rings (SSSR count). The van der Waals surface area contributed by atoms with Crippen LogP contribution in [-0.2, 0) is 4.79 Å². The predicted molar refractivity (Wildman–Crippen MR) is 114 cm³/mol. The van der Waals surface area contributed by atoms with Crippen LogP contribution in [0.5, 0.6) is 11.5 Å². The number of hydrogen-bond donors (Lipinski definition) is 2. The van der Waals surface area contributed by atoms with E-state index >= 15 is 0 Å². The second-order valence-corrected chi connectivity index (χ2v) is 8.61. The number of benzene rings is 1. The fraction of sp³-hybridized carbons (Fsp3) is 0.652. The van der Waals surface area contributed by atoms with E-state index in [9.17, 15) is 10.1 Å². The standard InChI is InChI=1S/C23H34N4O3/c1-25(23(19-24)10-4-3-5-11-23)22(28)18-27-14-12-26(13-15-27)16-17-30-21-8-6-20(29-2)7-9-21/h6-9H,3-5,10-18H2,1-2H3/p+2. The van der Waals surface area contributed by atoms with Crippen LogP contribution in [-0.4, -0.2) is 76.4 Å². The molecule has 1 aromatic rings. The third-order valence-electron chi connectivity index (χ3n) is 6.75. The zero-order valence-corrected chi connectivity index (χ0v) is 18.4. The number of likely N-dealkylation sites (N-methyl/N-ethyl adjacent to an activating group) is 1. The minimum atomic E-state index is -0.583. The number of hydrogen-bond acceptors (Lipinski definition) is 4. The molecule has 7 heteroatoms. The van der Waals surface area contributed by atoms with Crippen LogP contribution in [0.25, 0.3) is 0 Å². The van der Waals surface area contributed by atoms with Crippen molar-refractivity contribution in [3.8, 4) is 17.6 Å². The first-order chi connectivity index (χ1) is 14.6. The molecule has 1 aliphatic carbocycles. The number of piperazine rings is 1. The molecule has 1 amide bonds. The lowest BCUT2D eigenvalue weighted by atomic mass is 9.81. The number of carbonyl (C=O) groups is 1. The third-order valence-corrected chi connectivity index (χ3v) is 6.75. The number of nitriles is 1. The van der Waals surface area contributed by atoms with Crippen molar-refractivity contribution >= 4 is 5.91 Å². The van der Waals surface area contributed by atoms with Crippen LogP contribution < -0.4 is 19.3 Å². The highest BCUT2D eigenvalue weighted by Gasteiger charge is 2.40. The van der Waals surface area contributed by atoms with Crippen molar-refractivity contribution in [2.45, 2.75) is 37.6 Å². The summed E-state index contributed by atoms with van der Waals surface area (Å²) in [6.45, 7) is 6.20. The van der Waals surface area contributed by atoms with E-state index < -0.39 is 5.54 Å². The van der Waals surface area contributed by atoms with Gasteiger partial charge in [-0.25, -0.2) is 0 Å². The molecule has 2 fully saturated rings. The maximum atomic E-state index is 12.8. The van der Waals surface area contributed by atoms with Crippen LogP contribution in [0.1, 0.15) is 32.1 Å². The van der Waals surface area contributed by atoms with Crippen molar-refractivity contribution in [1.82, 2.24) is 4.90 Å². The Morgan fingerprint density at radius 1 is 1.07 bits per heavy atom. The predicted octanol–water partition coefficient (Wildman–Crippen LogP) is -0.458. The van der Waals surface area contributed by atoms with Gasteiger partial charge in [-0.3, -0.25) is 4.79 Å². The molecule has 30 heavy (non-hydrogen) atoms. The molecule has 7 nitrogen and oxygen atoms in total. The van der Waals surface area contributed by atoms with Gasteiger partial charge in [-0.15, -0.1) is 0 Å². The van der Waals surface area contributed by atoms with E-state index in [-0.39, 0.29) is 5.91 Å². The molecule has 1 saturated carbocycles. The van der Waals surface area contributed by atoms with E-state index in [1.807, 2.05) is 31.3 Å². The lowest BCUT2D eigenvalue weighted by molar-refractivity contribution is -1.01. The molecule has 1 saturated heterocycles. The molecule has 1 heterocycles. The van der Waals surface area contributed by atoms with Gasteiger partial charge >= 0.3 is 0 Å². The summed E-state index contributed by atoms with van der Waals surface area (Å²) in [5, 5.41) is 9.72. The van der Waals surface area contributed by atoms with Crippen LogP contribution >= 0.6 is 0 Å². The number of rotatable bonds is 8. The van der Waals surface area contributed by atoms with Gasteiger partial charge in [0, 0.05) is 7.05 Å². The van der Waals surface area contributed by atoms with Crippen molar-refractivity contribution in [2.75, 3.05) is 60.0 Å². The number of ether oxygens (including phenoxy) is 2. The fourth-order valence-corrected chi connectivity index (χ4v) is 4.60. The second-order valence-electron chi connectivity index (χ2n) is 8.61. The Morgan fingerprint density at radius 3 is 2.27 bits per heavy atom. The van der Waals surface area contributed by atoms with Crippen molar-refractivity contribution in [2.24, 2.45) is 0 Å². The Hall–Kier alpha value is -2.30. The summed E-state index contributed by atoms with van der Waals surface area (Å²) in [7, 11) is 3.48. The number of methoxy groups -OCH3 is 1. The van der Waals surface area contributed by atoms with Gasteiger partial charge in [-0.1, -0.05) is 19.3 Å². The maximum Gasteiger partial charge on any atom is 0.278 e. The first-order valence-corrected chi connectivity index (χ1v) is 11.2. The van der Waals surface area contributed by atoms with Crippen molar-refractivity contribution in [3.05, 3.63) is 24.3 Å². The zero-order valence-electron chi connectivity index (χ0n) is 18.4. The molecule has 0 bridgehead atoms. The zero-order chi connectivity index (χ0) is 21.4. The van der Waals surface area contributed by atoms with Gasteiger partial charge in [-0.05, 0) is 37.1 Å². The molecule has 2 N–H and O–H groups in total. The highest BCUT2D eigenvalue weighted by Crippen LogP contribution is 2.32. The van der Waals surface area contributed by atoms with Gasteiger partial charge in [0.25, 0.3) is 5.91 Å². The summed E-state index contributed by atoms with van der Waals surface area (Å²) < 4.78 is 11.0. The number of quaternary nitrogens is 2. The highest BCUT2D eigenvalue weighted by atomic mass is 16.5. The van der Waals surface area contributed by atoms with E-state index in [1.54, 1.807) is 12.0 Å². The smallest absolute Gasteiger partial charge is 0.278 e. The average molecular weight is 417 g/mol. The Morgan fingerprint density at radius 2 is 1.67 bits per heavy atom. The fourth-order valence-electron chi connectivity index (χ4n) is 4.60. The number of carbonyl (C=O) groups excluding carboxylic acids is 1. The normalized spacial score (nSPS) is 23.2. The topological polar surface area (TPSA) is 71.4 Å². The van der Waals surface area contributed by atoms with Crippen LogP contribution in [0.4, 0.5) is 0 Å². The van der Waals surface area contributed by atoms with Crippen molar-refractivity contribution in [1.29, 1.82) is 5.26 Å². The summed E-state index contributed by atoms with van der Waals surface area (Å²) in [5.74, 6) is 1.80. The Bertz CT molecular complexity index is 717. The molecule has 0 spiro atoms. The first-order valence-electron chi connectivity index (χ1n) is 11.2. The summed E-state index contributed by atoms with van der Waals surface area (Å²) in [5.41, 5.74) is -0.583. The van der Waals surface area contributed by atoms with Crippen LogP contribution in [0.15, 0.2) is 24.3 Å². The van der Waals surface area contributed by atoms with E-state index in [0.717, 1.165) is 69.9 Å². The molecule has 1 aromatic carbocycles. The van der Waals surface area contributed by atoms with E-state index in [0.29, 0.717) is 13.2 Å². The quantitative estimate of drug-likeness (QED) is 0.602. The second kappa shape index (κ2) is 10.6.